The molecule has 0 bridgehead atoms. The van der Waals surface area contributed by atoms with Crippen LogP contribution in [0.5, 0.6) is 0 Å². The number of rotatable bonds is 4. The quantitative estimate of drug-likeness (QED) is 0.754. The molecular weight excluding hydrogens is 244 g/mol. The summed E-state index contributed by atoms with van der Waals surface area (Å²) in [4.78, 5) is 23.0. The van der Waals surface area contributed by atoms with Crippen LogP contribution in [0, 0.1) is 0 Å². The van der Waals surface area contributed by atoms with Crippen LogP contribution in [-0.4, -0.2) is 29.1 Å². The van der Waals surface area contributed by atoms with Crippen LogP contribution in [0.3, 0.4) is 0 Å². The molecule has 0 aliphatic heterocycles. The molecule has 0 aliphatic rings. The number of carbonyl (C=O) groups excluding carboxylic acids is 2. The summed E-state index contributed by atoms with van der Waals surface area (Å²) in [5.74, 6) is -0.321. The average molecular weight is 258 g/mol. The van der Waals surface area contributed by atoms with Crippen molar-refractivity contribution in [3.8, 4) is 0 Å². The Kier molecular flexibility index (Phi) is 3.92. The summed E-state index contributed by atoms with van der Waals surface area (Å²) in [7, 11) is 1.58. The van der Waals surface area contributed by atoms with E-state index in [1.54, 1.807) is 31.3 Å². The minimum atomic E-state index is -0.191. The van der Waals surface area contributed by atoms with E-state index in [1.165, 1.54) is 12.4 Å². The lowest BCUT2D eigenvalue weighted by atomic mass is 10.1. The third kappa shape index (κ3) is 3.19. The Morgan fingerprint density at radius 2 is 1.89 bits per heavy atom. The zero-order valence-electron chi connectivity index (χ0n) is 10.4. The third-order valence-corrected chi connectivity index (χ3v) is 2.66. The van der Waals surface area contributed by atoms with Gasteiger partial charge in [0.05, 0.1) is 11.8 Å². The van der Waals surface area contributed by atoms with Crippen LogP contribution in [0.4, 0.5) is 0 Å². The first-order chi connectivity index (χ1) is 9.20. The summed E-state index contributed by atoms with van der Waals surface area (Å²) in [5.41, 5.74) is 2.00. The van der Waals surface area contributed by atoms with Gasteiger partial charge in [0.2, 0.25) is 0 Å². The van der Waals surface area contributed by atoms with E-state index in [0.29, 0.717) is 17.7 Å². The molecule has 1 aromatic carbocycles. The molecule has 0 saturated carbocycles. The maximum Gasteiger partial charge on any atom is 0.254 e. The Morgan fingerprint density at radius 3 is 2.47 bits per heavy atom. The first-order valence-corrected chi connectivity index (χ1v) is 5.78. The van der Waals surface area contributed by atoms with Crippen molar-refractivity contribution in [2.24, 2.45) is 0 Å². The minimum Gasteiger partial charge on any atom is -0.355 e. The zero-order valence-corrected chi connectivity index (χ0v) is 10.4. The van der Waals surface area contributed by atoms with Crippen LogP contribution < -0.4 is 10.6 Å². The molecule has 6 nitrogen and oxygen atoms in total. The molecule has 19 heavy (non-hydrogen) atoms. The van der Waals surface area contributed by atoms with Crippen molar-refractivity contribution in [2.45, 2.75) is 6.54 Å². The molecule has 0 aliphatic carbocycles. The van der Waals surface area contributed by atoms with Gasteiger partial charge in [0, 0.05) is 25.4 Å². The van der Waals surface area contributed by atoms with E-state index in [2.05, 4.69) is 20.8 Å². The van der Waals surface area contributed by atoms with Gasteiger partial charge in [-0.15, -0.1) is 0 Å². The van der Waals surface area contributed by atoms with Gasteiger partial charge in [0.25, 0.3) is 11.8 Å². The monoisotopic (exact) mass is 258 g/mol. The molecular formula is C13H14N4O2. The van der Waals surface area contributed by atoms with Gasteiger partial charge in [-0.3, -0.25) is 14.7 Å². The Morgan fingerprint density at radius 1 is 1.16 bits per heavy atom. The van der Waals surface area contributed by atoms with Gasteiger partial charge in [-0.2, -0.15) is 5.10 Å². The number of aromatic nitrogens is 2. The number of carbonyl (C=O) groups is 2. The highest BCUT2D eigenvalue weighted by Gasteiger charge is 2.06. The summed E-state index contributed by atoms with van der Waals surface area (Å²) in [6.07, 6.45) is 2.99. The Balaban J connectivity index is 1.93. The lowest BCUT2D eigenvalue weighted by Gasteiger charge is -2.05. The summed E-state index contributed by atoms with van der Waals surface area (Å²) < 4.78 is 0. The highest BCUT2D eigenvalue weighted by molar-refractivity contribution is 5.94. The van der Waals surface area contributed by atoms with Crippen molar-refractivity contribution in [1.29, 1.82) is 0 Å². The molecule has 2 rings (SSSR count). The van der Waals surface area contributed by atoms with E-state index in [-0.39, 0.29) is 11.8 Å². The van der Waals surface area contributed by atoms with Crippen molar-refractivity contribution in [1.82, 2.24) is 20.8 Å². The smallest absolute Gasteiger partial charge is 0.254 e. The number of amides is 2. The highest BCUT2D eigenvalue weighted by Crippen LogP contribution is 2.04. The van der Waals surface area contributed by atoms with Gasteiger partial charge in [-0.05, 0) is 17.7 Å². The fourth-order valence-electron chi connectivity index (χ4n) is 1.58. The fourth-order valence-corrected chi connectivity index (χ4v) is 1.58. The predicted octanol–water partition coefficient (Wildman–Crippen LogP) is 0.699. The maximum atomic E-state index is 11.7. The van der Waals surface area contributed by atoms with Crippen LogP contribution in [0.2, 0.25) is 0 Å². The zero-order chi connectivity index (χ0) is 13.7. The minimum absolute atomic E-state index is 0.131. The molecule has 2 amide bonds. The van der Waals surface area contributed by atoms with Gasteiger partial charge >= 0.3 is 0 Å². The molecule has 0 radical (unpaired) electrons. The molecule has 0 atom stereocenters. The van der Waals surface area contributed by atoms with Crippen molar-refractivity contribution < 1.29 is 9.59 Å². The van der Waals surface area contributed by atoms with E-state index < -0.39 is 0 Å². The Labute approximate surface area is 110 Å². The van der Waals surface area contributed by atoms with Gasteiger partial charge in [-0.25, -0.2) is 0 Å². The standard InChI is InChI=1S/C13H14N4O2/c1-14-12(18)10-4-2-9(3-5-10)6-15-13(19)11-7-16-17-8-11/h2-5,7-8H,6H2,1H3,(H,14,18)(H,15,19)(H,16,17). The number of aromatic amines is 1. The lowest BCUT2D eigenvalue weighted by Crippen LogP contribution is -2.22. The summed E-state index contributed by atoms with van der Waals surface area (Å²) in [5, 5.41) is 11.6. The van der Waals surface area contributed by atoms with Crippen LogP contribution in [0.15, 0.2) is 36.7 Å². The molecule has 1 heterocycles. The second kappa shape index (κ2) is 5.81. The molecule has 6 heteroatoms. The molecule has 1 aromatic heterocycles. The Bertz CT molecular complexity index is 561. The maximum absolute atomic E-state index is 11.7. The van der Waals surface area contributed by atoms with Crippen molar-refractivity contribution in [3.05, 3.63) is 53.3 Å². The van der Waals surface area contributed by atoms with E-state index in [0.717, 1.165) is 5.56 Å². The van der Waals surface area contributed by atoms with E-state index in [9.17, 15) is 9.59 Å². The molecule has 0 spiro atoms. The summed E-state index contributed by atoms with van der Waals surface area (Å²) in [6.45, 7) is 0.401. The number of benzene rings is 1. The first kappa shape index (κ1) is 12.8. The van der Waals surface area contributed by atoms with E-state index >= 15 is 0 Å². The predicted molar refractivity (Wildman–Crippen MR) is 69.6 cm³/mol. The topological polar surface area (TPSA) is 86.9 Å². The fraction of sp³-hybridized carbons (Fsp3) is 0.154. The molecule has 0 unspecified atom stereocenters. The van der Waals surface area contributed by atoms with Crippen molar-refractivity contribution in [2.75, 3.05) is 7.05 Å². The van der Waals surface area contributed by atoms with Crippen LogP contribution in [0.25, 0.3) is 0 Å². The summed E-state index contributed by atoms with van der Waals surface area (Å²) in [6, 6.07) is 7.05. The van der Waals surface area contributed by atoms with Gasteiger partial charge < -0.3 is 10.6 Å². The third-order valence-electron chi connectivity index (χ3n) is 2.66. The number of nitrogens with one attached hydrogen (secondary N) is 3. The van der Waals surface area contributed by atoms with Gasteiger partial charge in [-0.1, -0.05) is 12.1 Å². The number of hydrogen-bond donors (Lipinski definition) is 3. The molecule has 3 N–H and O–H groups in total. The molecule has 98 valence electrons. The number of H-pyrrole nitrogens is 1. The first-order valence-electron chi connectivity index (χ1n) is 5.78. The highest BCUT2D eigenvalue weighted by atomic mass is 16.2. The molecule has 0 fully saturated rings. The molecule has 0 saturated heterocycles. The number of nitrogens with zero attached hydrogens (tertiary/aromatic N) is 1. The second-order valence-electron chi connectivity index (χ2n) is 3.95. The van der Waals surface area contributed by atoms with E-state index in [1.807, 2.05) is 0 Å². The Hall–Kier alpha value is -2.63. The lowest BCUT2D eigenvalue weighted by molar-refractivity contribution is 0.0946. The van der Waals surface area contributed by atoms with Crippen LogP contribution in [0.1, 0.15) is 26.3 Å². The van der Waals surface area contributed by atoms with Crippen molar-refractivity contribution >= 4 is 11.8 Å². The van der Waals surface area contributed by atoms with Gasteiger partial charge in [0.1, 0.15) is 0 Å². The molecule has 2 aromatic rings. The number of hydrogen-bond acceptors (Lipinski definition) is 3. The average Bonchev–Trinajstić information content (AvgIpc) is 2.98. The SMILES string of the molecule is CNC(=O)c1ccc(CNC(=O)c2cn[nH]c2)cc1. The second-order valence-corrected chi connectivity index (χ2v) is 3.95. The van der Waals surface area contributed by atoms with Crippen molar-refractivity contribution in [3.63, 3.8) is 0 Å². The van der Waals surface area contributed by atoms with E-state index in [4.69, 9.17) is 0 Å². The van der Waals surface area contributed by atoms with Gasteiger partial charge in [0.15, 0.2) is 0 Å². The summed E-state index contributed by atoms with van der Waals surface area (Å²) >= 11 is 0. The normalized spacial score (nSPS) is 9.95. The van der Waals surface area contributed by atoms with Crippen LogP contribution in [-0.2, 0) is 6.54 Å². The van der Waals surface area contributed by atoms with Crippen LogP contribution >= 0.6 is 0 Å². The largest absolute Gasteiger partial charge is 0.355 e.